The smallest absolute Gasteiger partial charge is 0.325 e. The lowest BCUT2D eigenvalue weighted by Crippen LogP contribution is -2.34. The van der Waals surface area contributed by atoms with Gasteiger partial charge in [0.1, 0.15) is 0 Å². The van der Waals surface area contributed by atoms with E-state index >= 15 is 0 Å². The van der Waals surface area contributed by atoms with Crippen molar-refractivity contribution in [3.8, 4) is 0 Å². The first-order valence-electron chi connectivity index (χ1n) is 5.72. The van der Waals surface area contributed by atoms with E-state index in [4.69, 9.17) is 10.7 Å². The fourth-order valence-corrected chi connectivity index (χ4v) is 1.73. The van der Waals surface area contributed by atoms with E-state index in [9.17, 15) is 19.2 Å². The van der Waals surface area contributed by atoms with E-state index in [-0.39, 0.29) is 24.0 Å². The normalized spacial score (nSPS) is 14.3. The molecule has 0 aliphatic carbocycles. The number of amides is 3. The van der Waals surface area contributed by atoms with E-state index in [1.807, 2.05) is 5.43 Å². The zero-order chi connectivity index (χ0) is 14.7. The molecule has 104 valence electrons. The fourth-order valence-electron chi connectivity index (χ4n) is 1.73. The maximum absolute atomic E-state index is 11.9. The second kappa shape index (κ2) is 5.49. The molecule has 8 nitrogen and oxygen atoms in total. The predicted octanol–water partition coefficient (Wildman–Crippen LogP) is -0.489. The van der Waals surface area contributed by atoms with Gasteiger partial charge in [-0.25, -0.2) is 10.6 Å². The van der Waals surface area contributed by atoms with Gasteiger partial charge in [-0.15, -0.1) is 5.06 Å². The van der Waals surface area contributed by atoms with E-state index < -0.39 is 23.7 Å². The number of hydrazine groups is 1. The number of carbonyl (C=O) groups excluding carboxylic acids is 4. The van der Waals surface area contributed by atoms with Crippen molar-refractivity contribution in [2.24, 2.45) is 5.84 Å². The highest BCUT2D eigenvalue weighted by atomic mass is 16.7. The fraction of sp³-hybridized carbons (Fsp3) is 0.167. The molecule has 0 aromatic heterocycles. The molecule has 0 saturated carbocycles. The summed E-state index contributed by atoms with van der Waals surface area (Å²) in [6, 6.07) is 5.75. The first-order chi connectivity index (χ1) is 9.54. The summed E-state index contributed by atoms with van der Waals surface area (Å²) in [6.07, 6.45) is -0.00586. The molecular formula is C12H11N3O5. The van der Waals surface area contributed by atoms with Gasteiger partial charge in [0.15, 0.2) is 0 Å². The second-order valence-electron chi connectivity index (χ2n) is 3.98. The monoisotopic (exact) mass is 277 g/mol. The third-order valence-electron chi connectivity index (χ3n) is 2.70. The van der Waals surface area contributed by atoms with Gasteiger partial charge in [0.25, 0.3) is 17.7 Å². The number of benzene rings is 1. The molecule has 3 amide bonds. The summed E-state index contributed by atoms with van der Waals surface area (Å²) in [5, 5.41) is 0.416. The first-order valence-corrected chi connectivity index (χ1v) is 5.72. The third-order valence-corrected chi connectivity index (χ3v) is 2.70. The van der Waals surface area contributed by atoms with Gasteiger partial charge < -0.3 is 4.84 Å². The molecule has 20 heavy (non-hydrogen) atoms. The highest BCUT2D eigenvalue weighted by Gasteiger charge is 2.33. The number of hydrogen-bond acceptors (Lipinski definition) is 6. The predicted molar refractivity (Wildman–Crippen MR) is 64.6 cm³/mol. The molecule has 1 aromatic rings. The number of nitrogens with one attached hydrogen (secondary N) is 1. The van der Waals surface area contributed by atoms with Crippen molar-refractivity contribution in [2.75, 3.05) is 0 Å². The van der Waals surface area contributed by atoms with Crippen LogP contribution in [0.1, 0.15) is 33.6 Å². The van der Waals surface area contributed by atoms with Crippen LogP contribution in [0.3, 0.4) is 0 Å². The third kappa shape index (κ3) is 2.50. The maximum atomic E-state index is 11.9. The minimum atomic E-state index is -0.979. The summed E-state index contributed by atoms with van der Waals surface area (Å²) in [7, 11) is 0. The molecule has 0 bridgehead atoms. The van der Waals surface area contributed by atoms with Gasteiger partial charge in [-0.05, 0) is 12.1 Å². The Balaban J connectivity index is 2.24. The van der Waals surface area contributed by atoms with Crippen molar-refractivity contribution in [3.05, 3.63) is 35.4 Å². The van der Waals surface area contributed by atoms with Crippen LogP contribution in [0, 0.1) is 0 Å². The van der Waals surface area contributed by atoms with Crippen LogP contribution in [0.2, 0.25) is 0 Å². The Labute approximate surface area is 113 Å². The van der Waals surface area contributed by atoms with Crippen molar-refractivity contribution >= 4 is 23.7 Å². The topological polar surface area (TPSA) is 119 Å². The lowest BCUT2D eigenvalue weighted by molar-refractivity contribution is -0.172. The number of nitrogen functional groups attached to an aromatic ring is 1. The van der Waals surface area contributed by atoms with Gasteiger partial charge in [-0.3, -0.25) is 19.8 Å². The van der Waals surface area contributed by atoms with E-state index in [2.05, 4.69) is 0 Å². The van der Waals surface area contributed by atoms with Gasteiger partial charge in [0.05, 0.1) is 11.1 Å². The second-order valence-corrected chi connectivity index (χ2v) is 3.98. The summed E-state index contributed by atoms with van der Waals surface area (Å²) in [4.78, 5) is 50.9. The molecule has 0 spiro atoms. The number of nitrogens with two attached hydrogens (primary N) is 1. The van der Waals surface area contributed by atoms with Crippen LogP contribution in [0.4, 0.5) is 0 Å². The molecule has 8 heteroatoms. The Bertz CT molecular complexity index is 583. The number of hydrogen-bond donors (Lipinski definition) is 2. The molecular weight excluding hydrogens is 266 g/mol. The van der Waals surface area contributed by atoms with Crippen LogP contribution in [-0.2, 0) is 14.4 Å². The first kappa shape index (κ1) is 13.7. The van der Waals surface area contributed by atoms with Crippen LogP contribution < -0.4 is 11.3 Å². The van der Waals surface area contributed by atoms with Crippen molar-refractivity contribution in [1.82, 2.24) is 10.5 Å². The molecule has 1 saturated heterocycles. The number of rotatable bonds is 3. The Morgan fingerprint density at radius 2 is 1.65 bits per heavy atom. The van der Waals surface area contributed by atoms with E-state index in [0.29, 0.717) is 5.06 Å². The summed E-state index contributed by atoms with van der Waals surface area (Å²) in [5.41, 5.74) is 1.78. The van der Waals surface area contributed by atoms with Gasteiger partial charge >= 0.3 is 5.97 Å². The van der Waals surface area contributed by atoms with Gasteiger partial charge in [0, 0.05) is 12.8 Å². The van der Waals surface area contributed by atoms with Crippen molar-refractivity contribution < 1.29 is 24.0 Å². The lowest BCUT2D eigenvalue weighted by Gasteiger charge is -2.13. The molecule has 0 radical (unpaired) electrons. The number of hydroxylamine groups is 2. The quantitative estimate of drug-likeness (QED) is 0.333. The number of imide groups is 1. The minimum absolute atomic E-state index is 0.00293. The average Bonchev–Trinajstić information content (AvgIpc) is 2.78. The molecule has 1 fully saturated rings. The van der Waals surface area contributed by atoms with Crippen molar-refractivity contribution in [1.29, 1.82) is 0 Å². The molecule has 1 aliphatic rings. The van der Waals surface area contributed by atoms with Crippen molar-refractivity contribution in [3.63, 3.8) is 0 Å². The summed E-state index contributed by atoms with van der Waals surface area (Å²) < 4.78 is 0. The standard InChI is InChI=1S/C12H11N3O5/c13-14-11(18)7-3-1-2-4-8(7)12(19)20-15-9(16)5-6-10(15)17/h1-4H,5-6,13H2,(H,14,18). The van der Waals surface area contributed by atoms with Crippen LogP contribution in [0.5, 0.6) is 0 Å². The van der Waals surface area contributed by atoms with E-state index in [0.717, 1.165) is 0 Å². The minimum Gasteiger partial charge on any atom is -0.325 e. The Kier molecular flexibility index (Phi) is 3.76. The van der Waals surface area contributed by atoms with Gasteiger partial charge in [-0.1, -0.05) is 12.1 Å². The molecule has 1 aliphatic heterocycles. The average molecular weight is 277 g/mol. The Morgan fingerprint density at radius 1 is 1.10 bits per heavy atom. The van der Waals surface area contributed by atoms with Crippen LogP contribution in [-0.4, -0.2) is 28.8 Å². The van der Waals surface area contributed by atoms with E-state index in [1.165, 1.54) is 24.3 Å². The number of carbonyl (C=O) groups is 4. The zero-order valence-electron chi connectivity index (χ0n) is 10.3. The largest absolute Gasteiger partial charge is 0.364 e. The summed E-state index contributed by atoms with van der Waals surface area (Å²) in [6.45, 7) is 0. The van der Waals surface area contributed by atoms with Crippen molar-refractivity contribution in [2.45, 2.75) is 12.8 Å². The highest BCUT2D eigenvalue weighted by Crippen LogP contribution is 2.16. The number of nitrogens with zero attached hydrogens (tertiary/aromatic N) is 1. The molecule has 1 heterocycles. The Hall–Kier alpha value is -2.74. The van der Waals surface area contributed by atoms with Crippen LogP contribution in [0.15, 0.2) is 24.3 Å². The Morgan fingerprint density at radius 3 is 2.20 bits per heavy atom. The SMILES string of the molecule is NNC(=O)c1ccccc1C(=O)ON1C(=O)CCC1=O. The zero-order valence-corrected chi connectivity index (χ0v) is 10.3. The molecule has 1 aromatic carbocycles. The highest BCUT2D eigenvalue weighted by molar-refractivity contribution is 6.07. The maximum Gasteiger partial charge on any atom is 0.364 e. The van der Waals surface area contributed by atoms with Crippen LogP contribution in [0.25, 0.3) is 0 Å². The molecule has 0 unspecified atom stereocenters. The molecule has 3 N–H and O–H groups in total. The molecule has 0 atom stereocenters. The summed E-state index contributed by atoms with van der Waals surface area (Å²) in [5.74, 6) is 2.16. The summed E-state index contributed by atoms with van der Waals surface area (Å²) >= 11 is 0. The van der Waals surface area contributed by atoms with Crippen LogP contribution >= 0.6 is 0 Å². The van der Waals surface area contributed by atoms with Gasteiger partial charge in [0.2, 0.25) is 0 Å². The lowest BCUT2D eigenvalue weighted by atomic mass is 10.1. The van der Waals surface area contributed by atoms with E-state index in [1.54, 1.807) is 0 Å². The molecule has 2 rings (SSSR count). The van der Waals surface area contributed by atoms with Gasteiger partial charge in [-0.2, -0.15) is 0 Å².